The molecule has 0 spiro atoms. The highest BCUT2D eigenvalue weighted by atomic mass is 32.2. The van der Waals surface area contributed by atoms with Crippen LogP contribution in [-0.4, -0.2) is 19.4 Å². The molecule has 0 amide bonds. The molecule has 1 aliphatic heterocycles. The Kier molecular flexibility index (Phi) is 5.29. The van der Waals surface area contributed by atoms with Crippen LogP contribution in [0.25, 0.3) is 0 Å². The molecule has 1 heterocycles. The monoisotopic (exact) mass is 380 g/mol. The molecule has 7 heteroatoms. The minimum atomic E-state index is -4.22. The molecule has 0 unspecified atom stereocenters. The van der Waals surface area contributed by atoms with Crippen molar-refractivity contribution in [2.75, 3.05) is 4.72 Å². The molecule has 3 rings (SSSR count). The first-order chi connectivity index (χ1) is 12.3. The van der Waals surface area contributed by atoms with Crippen molar-refractivity contribution < 1.29 is 17.2 Å². The molecule has 0 fully saturated rings. The zero-order valence-corrected chi connectivity index (χ0v) is 15.6. The number of rotatable bonds is 6. The predicted molar refractivity (Wildman–Crippen MR) is 97.2 cm³/mol. The van der Waals surface area contributed by atoms with Crippen molar-refractivity contribution in [1.29, 1.82) is 0 Å². The fraction of sp³-hybridized carbons (Fsp3) is 0.368. The van der Waals surface area contributed by atoms with Gasteiger partial charge in [-0.2, -0.15) is 0 Å². The molecule has 1 N–H and O–H groups in total. The van der Waals surface area contributed by atoms with E-state index < -0.39 is 26.6 Å². The van der Waals surface area contributed by atoms with Gasteiger partial charge in [-0.05, 0) is 42.7 Å². The van der Waals surface area contributed by atoms with E-state index >= 15 is 0 Å². The van der Waals surface area contributed by atoms with E-state index in [2.05, 4.69) is 23.5 Å². The summed E-state index contributed by atoms with van der Waals surface area (Å²) in [7, 11) is -4.22. The summed E-state index contributed by atoms with van der Waals surface area (Å²) in [5.41, 5.74) is 2.35. The van der Waals surface area contributed by atoms with Crippen molar-refractivity contribution >= 4 is 15.7 Å². The topological polar surface area (TPSA) is 49.4 Å². The molecule has 0 bridgehead atoms. The first-order valence-electron chi connectivity index (χ1n) is 8.65. The molecule has 4 nitrogen and oxygen atoms in total. The van der Waals surface area contributed by atoms with Gasteiger partial charge in [0.2, 0.25) is 0 Å². The van der Waals surface area contributed by atoms with Gasteiger partial charge in [0, 0.05) is 19.1 Å². The number of hydrogen-bond donors (Lipinski definition) is 1. The van der Waals surface area contributed by atoms with E-state index in [1.165, 1.54) is 6.07 Å². The summed E-state index contributed by atoms with van der Waals surface area (Å²) in [4.78, 5) is 1.60. The van der Waals surface area contributed by atoms with E-state index in [0.29, 0.717) is 18.3 Å². The summed E-state index contributed by atoms with van der Waals surface area (Å²) >= 11 is 0. The maximum atomic E-state index is 13.9. The zero-order valence-electron chi connectivity index (χ0n) is 14.8. The molecule has 0 radical (unpaired) electrons. The van der Waals surface area contributed by atoms with Gasteiger partial charge < -0.3 is 0 Å². The summed E-state index contributed by atoms with van der Waals surface area (Å²) in [5, 5.41) is 0. The Balaban J connectivity index is 1.89. The average molecular weight is 380 g/mol. The molecule has 140 valence electrons. The average Bonchev–Trinajstić information content (AvgIpc) is 3.02. The van der Waals surface area contributed by atoms with Gasteiger partial charge in [0.1, 0.15) is 4.90 Å². The highest BCUT2D eigenvalue weighted by molar-refractivity contribution is 7.92. The lowest BCUT2D eigenvalue weighted by atomic mass is 10.1. The van der Waals surface area contributed by atoms with Gasteiger partial charge in [-0.1, -0.05) is 31.5 Å². The molecule has 26 heavy (non-hydrogen) atoms. The van der Waals surface area contributed by atoms with Gasteiger partial charge in [-0.25, -0.2) is 17.2 Å². The molecular weight excluding hydrogens is 358 g/mol. The van der Waals surface area contributed by atoms with Gasteiger partial charge in [-0.15, -0.1) is 0 Å². The van der Waals surface area contributed by atoms with Gasteiger partial charge >= 0.3 is 0 Å². The third-order valence-electron chi connectivity index (χ3n) is 4.79. The fourth-order valence-electron chi connectivity index (χ4n) is 3.35. The molecule has 0 saturated carbocycles. The lowest BCUT2D eigenvalue weighted by Gasteiger charge is -2.23. The van der Waals surface area contributed by atoms with E-state index in [0.717, 1.165) is 42.6 Å². The molecule has 2 aromatic rings. The van der Waals surface area contributed by atoms with Gasteiger partial charge in [0.25, 0.3) is 10.0 Å². The molecule has 1 aliphatic rings. The van der Waals surface area contributed by atoms with Crippen LogP contribution in [0.15, 0.2) is 41.3 Å². The second-order valence-corrected chi connectivity index (χ2v) is 8.29. The molecular formula is C19H22F2N2O2S. The first-order valence-corrected chi connectivity index (χ1v) is 10.1. The number of nitrogens with one attached hydrogen (secondary N) is 1. The standard InChI is InChI=1S/C19H22F2N2O2S/c1-3-6-13(2)23-11-14-7-4-9-17(15(14)12-23)22-26(24,25)18-10-5-8-16(20)19(18)21/h4-5,7-10,13,22H,3,6,11-12H2,1-2H3/t13-/m1/s1. The maximum absolute atomic E-state index is 13.9. The van der Waals surface area contributed by atoms with Crippen LogP contribution in [0.2, 0.25) is 0 Å². The normalized spacial score (nSPS) is 15.7. The van der Waals surface area contributed by atoms with Gasteiger partial charge in [-0.3, -0.25) is 9.62 Å². The Morgan fingerprint density at radius 1 is 1.15 bits per heavy atom. The van der Waals surface area contributed by atoms with E-state index in [-0.39, 0.29) is 0 Å². The van der Waals surface area contributed by atoms with Crippen LogP contribution in [0.4, 0.5) is 14.5 Å². The largest absolute Gasteiger partial charge is 0.292 e. The smallest absolute Gasteiger partial charge is 0.264 e. The summed E-state index contributed by atoms with van der Waals surface area (Å²) in [6, 6.07) is 8.90. The van der Waals surface area contributed by atoms with Gasteiger partial charge in [0.15, 0.2) is 11.6 Å². The second-order valence-electron chi connectivity index (χ2n) is 6.64. The van der Waals surface area contributed by atoms with Gasteiger partial charge in [0.05, 0.1) is 5.69 Å². The minimum Gasteiger partial charge on any atom is -0.292 e. The zero-order chi connectivity index (χ0) is 18.9. The van der Waals surface area contributed by atoms with Crippen LogP contribution in [0, 0.1) is 11.6 Å². The lowest BCUT2D eigenvalue weighted by Crippen LogP contribution is -2.27. The van der Waals surface area contributed by atoms with Crippen LogP contribution < -0.4 is 4.72 Å². The van der Waals surface area contributed by atoms with E-state index in [1.807, 2.05) is 6.07 Å². The number of halogens is 2. The first kappa shape index (κ1) is 18.8. The van der Waals surface area contributed by atoms with E-state index in [9.17, 15) is 17.2 Å². The second kappa shape index (κ2) is 7.32. The summed E-state index contributed by atoms with van der Waals surface area (Å²) in [6.45, 7) is 5.66. The predicted octanol–water partition coefficient (Wildman–Crippen LogP) is 4.27. The molecule has 0 saturated heterocycles. The van der Waals surface area contributed by atoms with Crippen molar-refractivity contribution in [3.8, 4) is 0 Å². The molecule has 0 aliphatic carbocycles. The third-order valence-corrected chi connectivity index (χ3v) is 6.17. The Morgan fingerprint density at radius 3 is 2.62 bits per heavy atom. The van der Waals surface area contributed by atoms with Crippen molar-refractivity contribution in [3.63, 3.8) is 0 Å². The third kappa shape index (κ3) is 3.59. The highest BCUT2D eigenvalue weighted by Gasteiger charge is 2.28. The highest BCUT2D eigenvalue weighted by Crippen LogP contribution is 2.33. The van der Waals surface area contributed by atoms with E-state index in [1.54, 1.807) is 12.1 Å². The maximum Gasteiger partial charge on any atom is 0.264 e. The Labute approximate surface area is 152 Å². The number of hydrogen-bond acceptors (Lipinski definition) is 3. The van der Waals surface area contributed by atoms with Crippen LogP contribution in [-0.2, 0) is 23.1 Å². The fourth-order valence-corrected chi connectivity index (χ4v) is 4.53. The summed E-state index contributed by atoms with van der Waals surface area (Å²) < 4.78 is 54.9. The van der Waals surface area contributed by atoms with Crippen molar-refractivity contribution in [2.45, 2.75) is 50.7 Å². The number of benzene rings is 2. The molecule has 1 atom stereocenters. The van der Waals surface area contributed by atoms with Crippen LogP contribution in [0.5, 0.6) is 0 Å². The summed E-state index contributed by atoms with van der Waals surface area (Å²) in [6.07, 6.45) is 2.13. The van der Waals surface area contributed by atoms with Crippen molar-refractivity contribution in [1.82, 2.24) is 4.90 Å². The van der Waals surface area contributed by atoms with Crippen LogP contribution >= 0.6 is 0 Å². The van der Waals surface area contributed by atoms with Crippen LogP contribution in [0.3, 0.4) is 0 Å². The number of nitrogens with zero attached hydrogens (tertiary/aromatic N) is 1. The molecule has 0 aromatic heterocycles. The Bertz CT molecular complexity index is 916. The minimum absolute atomic E-state index is 0.387. The number of fused-ring (bicyclic) bond motifs is 1. The number of anilines is 1. The summed E-state index contributed by atoms with van der Waals surface area (Å²) in [5.74, 6) is -2.56. The van der Waals surface area contributed by atoms with Crippen LogP contribution in [0.1, 0.15) is 37.8 Å². The van der Waals surface area contributed by atoms with Crippen molar-refractivity contribution in [2.24, 2.45) is 0 Å². The Morgan fingerprint density at radius 2 is 1.88 bits per heavy atom. The number of sulfonamides is 1. The SMILES string of the molecule is CCC[C@@H](C)N1Cc2cccc(NS(=O)(=O)c3cccc(F)c3F)c2C1. The lowest BCUT2D eigenvalue weighted by molar-refractivity contribution is 0.202. The Hall–Kier alpha value is -1.99. The van der Waals surface area contributed by atoms with E-state index in [4.69, 9.17) is 0 Å². The quantitative estimate of drug-likeness (QED) is 0.814. The molecule has 2 aromatic carbocycles. The van der Waals surface area contributed by atoms with Crippen molar-refractivity contribution in [3.05, 3.63) is 59.2 Å².